The topological polar surface area (TPSA) is 83.6 Å². The Bertz CT molecular complexity index is 964. The average Bonchev–Trinajstić information content (AvgIpc) is 2.70. The zero-order valence-electron chi connectivity index (χ0n) is 15.4. The standard InChI is InChI=1S/C20H21ClN2O4S/c1-14(24)15-2-8-19(9-3-15)28(26,27)23-12-10-16(11-13-23)20(25)22-18-6-4-17(21)5-7-18/h2-9,16H,10-13H2,1H3,(H,22,25). The number of halogens is 1. The average molecular weight is 421 g/mol. The first-order chi connectivity index (χ1) is 13.3. The number of benzene rings is 2. The monoisotopic (exact) mass is 420 g/mol. The maximum Gasteiger partial charge on any atom is 0.243 e. The van der Waals surface area contributed by atoms with Gasteiger partial charge < -0.3 is 5.32 Å². The van der Waals surface area contributed by atoms with E-state index < -0.39 is 10.0 Å². The number of hydrogen-bond acceptors (Lipinski definition) is 4. The quantitative estimate of drug-likeness (QED) is 0.749. The molecule has 1 aliphatic rings. The number of amides is 1. The number of nitrogens with zero attached hydrogens (tertiary/aromatic N) is 1. The highest BCUT2D eigenvalue weighted by molar-refractivity contribution is 7.89. The van der Waals surface area contributed by atoms with Crippen molar-refractivity contribution in [1.29, 1.82) is 0 Å². The van der Waals surface area contributed by atoms with Crippen LogP contribution in [0.5, 0.6) is 0 Å². The smallest absolute Gasteiger partial charge is 0.243 e. The molecule has 0 bridgehead atoms. The highest BCUT2D eigenvalue weighted by Gasteiger charge is 2.32. The Balaban J connectivity index is 1.61. The van der Waals surface area contributed by atoms with Gasteiger partial charge in [-0.2, -0.15) is 4.31 Å². The Morgan fingerprint density at radius 3 is 2.11 bits per heavy atom. The number of Topliss-reactive ketones (excluding diaryl/α,β-unsaturated/α-hetero) is 1. The molecule has 1 fully saturated rings. The van der Waals surface area contributed by atoms with Gasteiger partial charge in [-0.05, 0) is 56.2 Å². The molecule has 6 nitrogen and oxygen atoms in total. The van der Waals surface area contributed by atoms with Gasteiger partial charge in [-0.1, -0.05) is 23.7 Å². The van der Waals surface area contributed by atoms with Gasteiger partial charge in [0.1, 0.15) is 0 Å². The SMILES string of the molecule is CC(=O)c1ccc(S(=O)(=O)N2CCC(C(=O)Nc3ccc(Cl)cc3)CC2)cc1. The first-order valence-corrected chi connectivity index (χ1v) is 10.8. The van der Waals surface area contributed by atoms with Crippen LogP contribution in [0, 0.1) is 5.92 Å². The number of sulfonamides is 1. The number of carbonyl (C=O) groups excluding carboxylic acids is 2. The van der Waals surface area contributed by atoms with E-state index in [9.17, 15) is 18.0 Å². The summed E-state index contributed by atoms with van der Waals surface area (Å²) in [7, 11) is -3.64. The van der Waals surface area contributed by atoms with Crippen molar-refractivity contribution in [2.24, 2.45) is 5.92 Å². The molecule has 3 rings (SSSR count). The van der Waals surface area contributed by atoms with Gasteiger partial charge in [0, 0.05) is 35.3 Å². The fourth-order valence-electron chi connectivity index (χ4n) is 3.15. The minimum absolute atomic E-state index is 0.114. The Labute approximate surface area is 169 Å². The molecule has 0 saturated carbocycles. The van der Waals surface area contributed by atoms with Crippen molar-refractivity contribution in [3.8, 4) is 0 Å². The van der Waals surface area contributed by atoms with Gasteiger partial charge in [0.15, 0.2) is 5.78 Å². The molecule has 148 valence electrons. The predicted molar refractivity (Wildman–Crippen MR) is 108 cm³/mol. The number of carbonyl (C=O) groups is 2. The Morgan fingerprint density at radius 2 is 1.57 bits per heavy atom. The molecule has 1 saturated heterocycles. The summed E-state index contributed by atoms with van der Waals surface area (Å²) >= 11 is 5.84. The Kier molecular flexibility index (Phi) is 6.17. The first kappa shape index (κ1) is 20.5. The zero-order chi connectivity index (χ0) is 20.3. The van der Waals surface area contributed by atoms with E-state index in [-0.39, 0.29) is 35.6 Å². The number of ketones is 1. The van der Waals surface area contributed by atoms with E-state index in [1.165, 1.54) is 35.5 Å². The maximum absolute atomic E-state index is 12.8. The molecule has 0 aromatic heterocycles. The minimum atomic E-state index is -3.64. The second kappa shape index (κ2) is 8.43. The summed E-state index contributed by atoms with van der Waals surface area (Å²) in [6.07, 6.45) is 0.897. The summed E-state index contributed by atoms with van der Waals surface area (Å²) in [6, 6.07) is 12.8. The molecule has 2 aromatic carbocycles. The van der Waals surface area contributed by atoms with E-state index in [1.54, 1.807) is 24.3 Å². The lowest BCUT2D eigenvalue weighted by molar-refractivity contribution is -0.120. The number of anilines is 1. The molecule has 1 heterocycles. The van der Waals surface area contributed by atoms with E-state index >= 15 is 0 Å². The van der Waals surface area contributed by atoms with Crippen LogP contribution in [0.25, 0.3) is 0 Å². The molecule has 2 aromatic rings. The minimum Gasteiger partial charge on any atom is -0.326 e. The molecule has 1 aliphatic heterocycles. The zero-order valence-corrected chi connectivity index (χ0v) is 17.0. The van der Waals surface area contributed by atoms with Crippen molar-refractivity contribution >= 4 is 39.0 Å². The van der Waals surface area contributed by atoms with Crippen LogP contribution < -0.4 is 5.32 Å². The predicted octanol–water partition coefficient (Wildman–Crippen LogP) is 3.58. The molecule has 0 aliphatic carbocycles. The third-order valence-corrected chi connectivity index (χ3v) is 7.00. The third-order valence-electron chi connectivity index (χ3n) is 4.84. The molecule has 1 N–H and O–H groups in total. The fraction of sp³-hybridized carbons (Fsp3) is 0.300. The molecular formula is C20H21ClN2O4S. The van der Waals surface area contributed by atoms with E-state index in [0.717, 1.165) is 0 Å². The molecule has 1 amide bonds. The molecule has 0 atom stereocenters. The van der Waals surface area contributed by atoms with Gasteiger partial charge in [-0.25, -0.2) is 8.42 Å². The van der Waals surface area contributed by atoms with Crippen LogP contribution in [0.4, 0.5) is 5.69 Å². The van der Waals surface area contributed by atoms with Crippen molar-refractivity contribution in [2.45, 2.75) is 24.7 Å². The lowest BCUT2D eigenvalue weighted by Gasteiger charge is -2.30. The largest absolute Gasteiger partial charge is 0.326 e. The van der Waals surface area contributed by atoms with E-state index in [1.807, 2.05) is 0 Å². The molecule has 8 heteroatoms. The lowest BCUT2D eigenvalue weighted by atomic mass is 9.97. The van der Waals surface area contributed by atoms with Crippen LogP contribution >= 0.6 is 11.6 Å². The number of nitrogens with one attached hydrogen (secondary N) is 1. The lowest BCUT2D eigenvalue weighted by Crippen LogP contribution is -2.41. The van der Waals surface area contributed by atoms with Gasteiger partial charge in [0.2, 0.25) is 15.9 Å². The van der Waals surface area contributed by atoms with E-state index in [2.05, 4.69) is 5.32 Å². The summed E-state index contributed by atoms with van der Waals surface area (Å²) in [5, 5.41) is 3.43. The maximum atomic E-state index is 12.8. The second-order valence-electron chi connectivity index (χ2n) is 6.76. The summed E-state index contributed by atoms with van der Waals surface area (Å²) in [5.41, 5.74) is 1.13. The molecule has 28 heavy (non-hydrogen) atoms. The van der Waals surface area contributed by atoms with Gasteiger partial charge in [0.25, 0.3) is 0 Å². The van der Waals surface area contributed by atoms with Crippen molar-refractivity contribution in [2.75, 3.05) is 18.4 Å². The van der Waals surface area contributed by atoms with Crippen LogP contribution in [0.2, 0.25) is 5.02 Å². The second-order valence-corrected chi connectivity index (χ2v) is 9.13. The van der Waals surface area contributed by atoms with Crippen molar-refractivity contribution < 1.29 is 18.0 Å². The normalized spacial score (nSPS) is 15.9. The van der Waals surface area contributed by atoms with Crippen molar-refractivity contribution in [1.82, 2.24) is 4.31 Å². The molecule has 0 radical (unpaired) electrons. The van der Waals surface area contributed by atoms with Crippen molar-refractivity contribution in [3.63, 3.8) is 0 Å². The Hall–Kier alpha value is -2.22. The number of rotatable bonds is 5. The molecular weight excluding hydrogens is 400 g/mol. The van der Waals surface area contributed by atoms with E-state index in [4.69, 9.17) is 11.6 Å². The summed E-state index contributed by atoms with van der Waals surface area (Å²) in [5.74, 6) is -0.483. The van der Waals surface area contributed by atoms with Crippen LogP contribution in [-0.2, 0) is 14.8 Å². The summed E-state index contributed by atoms with van der Waals surface area (Å²) in [6.45, 7) is 1.98. The number of hydrogen-bond donors (Lipinski definition) is 1. The van der Waals surface area contributed by atoms with Gasteiger partial charge in [0.05, 0.1) is 4.90 Å². The summed E-state index contributed by atoms with van der Waals surface area (Å²) in [4.78, 5) is 23.9. The highest BCUT2D eigenvalue weighted by Crippen LogP contribution is 2.25. The molecule has 0 unspecified atom stereocenters. The first-order valence-electron chi connectivity index (χ1n) is 8.95. The Morgan fingerprint density at radius 1 is 1.00 bits per heavy atom. The van der Waals surface area contributed by atoms with Crippen LogP contribution in [0.1, 0.15) is 30.1 Å². The van der Waals surface area contributed by atoms with Gasteiger partial charge in [-0.3, -0.25) is 9.59 Å². The van der Waals surface area contributed by atoms with Crippen LogP contribution in [0.15, 0.2) is 53.4 Å². The van der Waals surface area contributed by atoms with Gasteiger partial charge >= 0.3 is 0 Å². The highest BCUT2D eigenvalue weighted by atomic mass is 35.5. The van der Waals surface area contributed by atoms with Crippen molar-refractivity contribution in [3.05, 3.63) is 59.1 Å². The summed E-state index contributed by atoms with van der Waals surface area (Å²) < 4.78 is 27.0. The third kappa shape index (κ3) is 4.60. The molecule has 0 spiro atoms. The fourth-order valence-corrected chi connectivity index (χ4v) is 4.74. The van der Waals surface area contributed by atoms with E-state index in [0.29, 0.717) is 29.1 Å². The van der Waals surface area contributed by atoms with Gasteiger partial charge in [-0.15, -0.1) is 0 Å². The number of piperidine rings is 1. The van der Waals surface area contributed by atoms with Crippen LogP contribution in [0.3, 0.4) is 0 Å². The van der Waals surface area contributed by atoms with Crippen LogP contribution in [-0.4, -0.2) is 37.5 Å².